The molecule has 14 heavy (non-hydrogen) atoms. The topological polar surface area (TPSA) is 35.5 Å². The smallest absolute Gasteiger partial charge is 0.174 e. The van der Waals surface area contributed by atoms with Crippen LogP contribution >= 0.6 is 15.9 Å². The maximum Gasteiger partial charge on any atom is 0.174 e. The lowest BCUT2D eigenvalue weighted by molar-refractivity contribution is -0.121. The summed E-state index contributed by atoms with van der Waals surface area (Å²) < 4.78 is 10.6. The zero-order chi connectivity index (χ0) is 9.97. The van der Waals surface area contributed by atoms with Crippen molar-refractivity contribution in [2.75, 3.05) is 12.1 Å². The van der Waals surface area contributed by atoms with Gasteiger partial charge in [0.15, 0.2) is 17.3 Å². The van der Waals surface area contributed by atoms with Crippen molar-refractivity contribution in [1.29, 1.82) is 0 Å². The van der Waals surface area contributed by atoms with E-state index in [0.29, 0.717) is 23.4 Å². The average Bonchev–Trinajstić information content (AvgIpc) is 2.18. The Kier molecular flexibility index (Phi) is 2.72. The van der Waals surface area contributed by atoms with Crippen LogP contribution in [0.2, 0.25) is 0 Å². The van der Waals surface area contributed by atoms with Gasteiger partial charge in [0.2, 0.25) is 0 Å². The fraction of sp³-hybridized carbons (Fsp3) is 0.300. The van der Waals surface area contributed by atoms with Crippen LogP contribution in [0.3, 0.4) is 0 Å². The Labute approximate surface area is 90.1 Å². The lowest BCUT2D eigenvalue weighted by Crippen LogP contribution is -2.20. The van der Waals surface area contributed by atoms with Gasteiger partial charge in [-0.3, -0.25) is 4.79 Å². The van der Waals surface area contributed by atoms with Gasteiger partial charge >= 0.3 is 0 Å². The van der Waals surface area contributed by atoms with Crippen molar-refractivity contribution in [3.8, 4) is 11.5 Å². The van der Waals surface area contributed by atoms with Crippen LogP contribution in [0.5, 0.6) is 11.5 Å². The summed E-state index contributed by atoms with van der Waals surface area (Å²) >= 11 is 3.18. The zero-order valence-electron chi connectivity index (χ0n) is 7.46. The first-order valence-electron chi connectivity index (χ1n) is 4.26. The summed E-state index contributed by atoms with van der Waals surface area (Å²) in [7, 11) is 0. The minimum atomic E-state index is 0.105. The molecule has 0 radical (unpaired) electrons. The van der Waals surface area contributed by atoms with Crippen molar-refractivity contribution in [3.63, 3.8) is 0 Å². The summed E-state index contributed by atoms with van der Waals surface area (Å²) in [6.07, 6.45) is 0.439. The maximum absolute atomic E-state index is 11.1. The number of alkyl halides is 1. The summed E-state index contributed by atoms with van der Waals surface area (Å²) in [6, 6.07) is 5.57. The van der Waals surface area contributed by atoms with E-state index in [1.165, 1.54) is 0 Å². The number of hydrogen-bond acceptors (Lipinski definition) is 3. The van der Waals surface area contributed by atoms with Crippen LogP contribution in [0.1, 0.15) is 5.56 Å². The van der Waals surface area contributed by atoms with E-state index >= 15 is 0 Å². The van der Waals surface area contributed by atoms with E-state index in [-0.39, 0.29) is 12.4 Å². The summed E-state index contributed by atoms with van der Waals surface area (Å²) in [4.78, 5) is 11.1. The normalized spacial score (nSPS) is 14.5. The van der Waals surface area contributed by atoms with Gasteiger partial charge in [0.1, 0.15) is 12.1 Å². The molecule has 1 aliphatic rings. The molecule has 1 aliphatic heterocycles. The third-order valence-corrected chi connectivity index (χ3v) is 2.26. The molecule has 74 valence electrons. The molecule has 0 aromatic heterocycles. The van der Waals surface area contributed by atoms with E-state index < -0.39 is 0 Å². The molecule has 0 atom stereocenters. The number of fused-ring (bicyclic) bond motifs is 1. The number of para-hydroxylation sites is 1. The molecule has 3 nitrogen and oxygen atoms in total. The second kappa shape index (κ2) is 4.00. The quantitative estimate of drug-likeness (QED) is 0.759. The number of hydrogen-bond donors (Lipinski definition) is 0. The molecule has 0 bridgehead atoms. The fourth-order valence-corrected chi connectivity index (χ4v) is 1.70. The molecule has 2 rings (SSSR count). The van der Waals surface area contributed by atoms with E-state index in [9.17, 15) is 4.79 Å². The Morgan fingerprint density at radius 3 is 3.14 bits per heavy atom. The molecule has 1 aromatic rings. The zero-order valence-corrected chi connectivity index (χ0v) is 9.04. The lowest BCUT2D eigenvalue weighted by Gasteiger charge is -2.18. The highest BCUT2D eigenvalue weighted by molar-refractivity contribution is 9.09. The number of rotatable bonds is 2. The second-order valence-corrected chi connectivity index (χ2v) is 3.46. The van der Waals surface area contributed by atoms with Crippen LogP contribution in [-0.4, -0.2) is 17.9 Å². The first kappa shape index (κ1) is 9.52. The molecule has 0 saturated heterocycles. The van der Waals surface area contributed by atoms with Crippen LogP contribution in [0.15, 0.2) is 18.2 Å². The van der Waals surface area contributed by atoms with Gasteiger partial charge in [-0.2, -0.15) is 0 Å². The van der Waals surface area contributed by atoms with E-state index in [4.69, 9.17) is 9.47 Å². The Bertz CT molecular complexity index is 362. The monoisotopic (exact) mass is 256 g/mol. The van der Waals surface area contributed by atoms with Crippen LogP contribution in [0.25, 0.3) is 0 Å². The third-order valence-electron chi connectivity index (χ3n) is 2.04. The summed E-state index contributed by atoms with van der Waals surface area (Å²) in [5.41, 5.74) is 1.32. The minimum Gasteiger partial charge on any atom is -0.482 e. The highest BCUT2D eigenvalue weighted by Gasteiger charge is 2.19. The molecule has 4 heteroatoms. The van der Waals surface area contributed by atoms with Gasteiger partial charge in [-0.25, -0.2) is 0 Å². The van der Waals surface area contributed by atoms with Crippen molar-refractivity contribution in [2.45, 2.75) is 6.42 Å². The highest BCUT2D eigenvalue weighted by atomic mass is 79.9. The molecule has 0 spiro atoms. The van der Waals surface area contributed by atoms with Crippen molar-refractivity contribution >= 4 is 21.7 Å². The predicted octanol–water partition coefficient (Wildman–Crippen LogP) is 1.92. The first-order valence-corrected chi connectivity index (χ1v) is 5.38. The standard InChI is InChI=1S/C10H9BrO3/c11-6-14-9-3-1-2-7-4-8(12)5-13-10(7)9/h1-3H,4-6H2. The van der Waals surface area contributed by atoms with Crippen molar-refractivity contribution in [3.05, 3.63) is 23.8 Å². The number of carbonyl (C=O) groups excluding carboxylic acids is 1. The molecule has 0 saturated carbocycles. The van der Waals surface area contributed by atoms with Crippen molar-refractivity contribution in [2.24, 2.45) is 0 Å². The van der Waals surface area contributed by atoms with Crippen molar-refractivity contribution in [1.82, 2.24) is 0 Å². The van der Waals surface area contributed by atoms with Gasteiger partial charge in [-0.1, -0.05) is 12.1 Å². The Hall–Kier alpha value is -1.03. The van der Waals surface area contributed by atoms with E-state index in [2.05, 4.69) is 15.9 Å². The van der Waals surface area contributed by atoms with Crippen LogP contribution in [0.4, 0.5) is 0 Å². The highest BCUT2D eigenvalue weighted by Crippen LogP contribution is 2.34. The Morgan fingerprint density at radius 2 is 2.36 bits per heavy atom. The molecule has 1 aromatic carbocycles. The largest absolute Gasteiger partial charge is 0.482 e. The van der Waals surface area contributed by atoms with E-state index in [0.717, 1.165) is 5.56 Å². The molecule has 0 aliphatic carbocycles. The minimum absolute atomic E-state index is 0.105. The SMILES string of the molecule is O=C1COc2c(cccc2OCBr)C1. The Balaban J connectivity index is 2.36. The van der Waals surface area contributed by atoms with Crippen LogP contribution < -0.4 is 9.47 Å². The third kappa shape index (κ3) is 1.75. The van der Waals surface area contributed by atoms with Gasteiger partial charge in [0.25, 0.3) is 0 Å². The van der Waals surface area contributed by atoms with Gasteiger partial charge in [0, 0.05) is 12.0 Å². The average molecular weight is 257 g/mol. The molecule has 0 unspecified atom stereocenters. The first-order chi connectivity index (χ1) is 6.81. The molecule has 1 heterocycles. The lowest BCUT2D eigenvalue weighted by atomic mass is 10.1. The number of ketones is 1. The molecule has 0 fully saturated rings. The van der Waals surface area contributed by atoms with E-state index in [1.807, 2.05) is 18.2 Å². The molecular weight excluding hydrogens is 248 g/mol. The van der Waals surface area contributed by atoms with Gasteiger partial charge < -0.3 is 9.47 Å². The van der Waals surface area contributed by atoms with E-state index in [1.54, 1.807) is 0 Å². The van der Waals surface area contributed by atoms with Gasteiger partial charge in [-0.15, -0.1) is 0 Å². The van der Waals surface area contributed by atoms with Gasteiger partial charge in [-0.05, 0) is 22.0 Å². The number of carbonyl (C=O) groups is 1. The second-order valence-electron chi connectivity index (χ2n) is 3.00. The van der Waals surface area contributed by atoms with Crippen LogP contribution in [-0.2, 0) is 11.2 Å². The number of ether oxygens (including phenoxy) is 2. The summed E-state index contributed by atoms with van der Waals surface area (Å²) in [6.45, 7) is 0.148. The van der Waals surface area contributed by atoms with Crippen LogP contribution in [0, 0.1) is 0 Å². The number of halogens is 1. The number of benzene rings is 1. The maximum atomic E-state index is 11.1. The number of Topliss-reactive ketones (excluding diaryl/α,β-unsaturated/α-hetero) is 1. The Morgan fingerprint density at radius 1 is 1.50 bits per heavy atom. The summed E-state index contributed by atoms with van der Waals surface area (Å²) in [5, 5.41) is 0. The molecule has 0 amide bonds. The van der Waals surface area contributed by atoms with Gasteiger partial charge in [0.05, 0.1) is 0 Å². The molecule has 0 N–H and O–H groups in total. The summed E-state index contributed by atoms with van der Waals surface area (Å²) in [5.74, 6) is 1.49. The molecular formula is C10H9BrO3. The fourth-order valence-electron chi connectivity index (χ4n) is 1.45. The van der Waals surface area contributed by atoms with Crippen molar-refractivity contribution < 1.29 is 14.3 Å². The predicted molar refractivity (Wildman–Crippen MR) is 55.1 cm³/mol.